The highest BCUT2D eigenvalue weighted by Gasteiger charge is 2.16. The van der Waals surface area contributed by atoms with Crippen LogP contribution < -0.4 is 4.90 Å². The monoisotopic (exact) mass is 204 g/mol. The van der Waals surface area contributed by atoms with E-state index in [9.17, 15) is 0 Å². The molecule has 3 nitrogen and oxygen atoms in total. The zero-order valence-corrected chi connectivity index (χ0v) is 9.26. The largest absolute Gasteiger partial charge is 0.354 e. The van der Waals surface area contributed by atoms with Gasteiger partial charge in [0.2, 0.25) is 0 Å². The summed E-state index contributed by atoms with van der Waals surface area (Å²) in [5, 5.41) is 0. The molecule has 0 saturated carbocycles. The summed E-state index contributed by atoms with van der Waals surface area (Å²) < 4.78 is 0. The molecule has 81 valence electrons. The third kappa shape index (κ3) is 2.69. The van der Waals surface area contributed by atoms with Crippen molar-refractivity contribution in [2.24, 2.45) is 0 Å². The minimum Gasteiger partial charge on any atom is -0.354 e. The van der Waals surface area contributed by atoms with Gasteiger partial charge in [0, 0.05) is 38.9 Å². The number of nitrogens with zero attached hydrogens (tertiary/aromatic N) is 3. The van der Waals surface area contributed by atoms with Gasteiger partial charge in [0.1, 0.15) is 5.82 Å². The van der Waals surface area contributed by atoms with E-state index in [2.05, 4.69) is 34.3 Å². The quantitative estimate of drug-likeness (QED) is 0.748. The van der Waals surface area contributed by atoms with Crippen molar-refractivity contribution in [3.63, 3.8) is 0 Å². The van der Waals surface area contributed by atoms with Crippen LogP contribution in [-0.2, 0) is 0 Å². The van der Waals surface area contributed by atoms with Gasteiger partial charge < -0.3 is 4.90 Å². The molecule has 2 rings (SSSR count). The molecule has 0 aromatic carbocycles. The Balaban J connectivity index is 1.88. The van der Waals surface area contributed by atoms with Gasteiger partial charge in [0.25, 0.3) is 0 Å². The van der Waals surface area contributed by atoms with E-state index in [4.69, 9.17) is 0 Å². The average Bonchev–Trinajstić information content (AvgIpc) is 2.32. The first-order valence-electron chi connectivity index (χ1n) is 5.63. The maximum Gasteiger partial charge on any atom is 0.128 e. The molecule has 0 bridgehead atoms. The predicted molar refractivity (Wildman–Crippen MR) is 62.6 cm³/mol. The topological polar surface area (TPSA) is 19.4 Å². The summed E-state index contributed by atoms with van der Waals surface area (Å²) in [6, 6.07) is 6.09. The van der Waals surface area contributed by atoms with Crippen molar-refractivity contribution in [3.05, 3.63) is 30.9 Å². The van der Waals surface area contributed by atoms with Gasteiger partial charge in [-0.25, -0.2) is 4.98 Å². The molecule has 0 aliphatic carbocycles. The Morgan fingerprint density at radius 3 is 2.67 bits per heavy atom. The van der Waals surface area contributed by atoms with Crippen molar-refractivity contribution >= 4 is 5.82 Å². The molecule has 0 N–H and O–H groups in total. The highest BCUT2D eigenvalue weighted by Crippen LogP contribution is 2.13. The average molecular weight is 204 g/mol. The number of anilines is 1. The van der Waals surface area contributed by atoms with Gasteiger partial charge >= 0.3 is 0 Å². The molecule has 0 unspecified atom stereocenters. The first-order chi connectivity index (χ1) is 7.40. The van der Waals surface area contributed by atoms with Crippen LogP contribution in [-0.4, -0.2) is 36.1 Å². The molecular formula is C12H18N3. The first kappa shape index (κ1) is 10.4. The van der Waals surface area contributed by atoms with Crippen LogP contribution in [0.15, 0.2) is 24.4 Å². The molecule has 0 atom stereocenters. The molecule has 1 aliphatic rings. The molecule has 1 fully saturated rings. The lowest BCUT2D eigenvalue weighted by Crippen LogP contribution is -2.45. The maximum atomic E-state index is 4.37. The summed E-state index contributed by atoms with van der Waals surface area (Å²) in [6.45, 7) is 8.86. The second-order valence-corrected chi connectivity index (χ2v) is 3.80. The Bertz CT molecular complexity index is 278. The lowest BCUT2D eigenvalue weighted by atomic mass is 10.3. The normalized spacial score (nSPS) is 18.1. The molecule has 1 aromatic heterocycles. The van der Waals surface area contributed by atoms with Gasteiger partial charge in [-0.1, -0.05) is 13.0 Å². The van der Waals surface area contributed by atoms with Crippen molar-refractivity contribution in [2.75, 3.05) is 31.1 Å². The number of hydrogen-bond acceptors (Lipinski definition) is 3. The third-order valence-corrected chi connectivity index (χ3v) is 2.73. The smallest absolute Gasteiger partial charge is 0.128 e. The fourth-order valence-corrected chi connectivity index (χ4v) is 1.93. The van der Waals surface area contributed by atoms with E-state index in [0.29, 0.717) is 0 Å². The van der Waals surface area contributed by atoms with Gasteiger partial charge in [-0.3, -0.25) is 4.90 Å². The van der Waals surface area contributed by atoms with E-state index in [1.807, 2.05) is 18.3 Å². The Kier molecular flexibility index (Phi) is 3.56. The highest BCUT2D eigenvalue weighted by atomic mass is 15.3. The number of pyridine rings is 1. The molecule has 0 amide bonds. The fourth-order valence-electron chi connectivity index (χ4n) is 1.93. The highest BCUT2D eigenvalue weighted by molar-refractivity contribution is 5.38. The lowest BCUT2D eigenvalue weighted by Gasteiger charge is -2.34. The van der Waals surface area contributed by atoms with E-state index in [-0.39, 0.29) is 0 Å². The van der Waals surface area contributed by atoms with Crippen molar-refractivity contribution in [3.8, 4) is 0 Å². The van der Waals surface area contributed by atoms with Crippen LogP contribution in [0.1, 0.15) is 13.3 Å². The Morgan fingerprint density at radius 1 is 1.27 bits per heavy atom. The second kappa shape index (κ2) is 5.12. The van der Waals surface area contributed by atoms with E-state index >= 15 is 0 Å². The molecule has 2 heterocycles. The lowest BCUT2D eigenvalue weighted by molar-refractivity contribution is 0.305. The Hall–Kier alpha value is -1.09. The molecule has 1 radical (unpaired) electrons. The van der Waals surface area contributed by atoms with E-state index in [1.165, 1.54) is 0 Å². The minimum absolute atomic E-state index is 1.08. The molecule has 1 aromatic rings. The molecule has 15 heavy (non-hydrogen) atoms. The number of piperazine rings is 1. The van der Waals surface area contributed by atoms with Crippen LogP contribution in [0, 0.1) is 6.54 Å². The van der Waals surface area contributed by atoms with Crippen LogP contribution in [0.3, 0.4) is 0 Å². The summed E-state index contributed by atoms with van der Waals surface area (Å²) in [4.78, 5) is 9.12. The summed E-state index contributed by atoms with van der Waals surface area (Å²) >= 11 is 0. The predicted octanol–water partition coefficient (Wildman–Crippen LogP) is 1.78. The van der Waals surface area contributed by atoms with Crippen molar-refractivity contribution < 1.29 is 0 Å². The minimum atomic E-state index is 1.08. The molecule has 1 aliphatic heterocycles. The van der Waals surface area contributed by atoms with E-state index in [0.717, 1.165) is 38.4 Å². The van der Waals surface area contributed by atoms with E-state index < -0.39 is 0 Å². The second-order valence-electron chi connectivity index (χ2n) is 3.80. The zero-order valence-electron chi connectivity index (χ0n) is 9.26. The van der Waals surface area contributed by atoms with Crippen LogP contribution in [0.4, 0.5) is 5.82 Å². The molecular weight excluding hydrogens is 186 g/mol. The van der Waals surface area contributed by atoms with Crippen molar-refractivity contribution in [2.45, 2.75) is 13.3 Å². The van der Waals surface area contributed by atoms with Gasteiger partial charge in [-0.15, -0.1) is 0 Å². The molecule has 1 saturated heterocycles. The number of aromatic nitrogens is 1. The van der Waals surface area contributed by atoms with Crippen LogP contribution in [0.2, 0.25) is 0 Å². The standard InChI is InChI=1S/C12H18N3/c1-2-7-14-8-10-15(11-9-14)12-5-3-4-6-13-12/h3-7H,2,8-11H2,1H3. The SMILES string of the molecule is CC[CH]N1CCN(c2ccccn2)CC1. The van der Waals surface area contributed by atoms with Gasteiger partial charge in [-0.05, 0) is 18.6 Å². The Labute approximate surface area is 91.7 Å². The van der Waals surface area contributed by atoms with E-state index in [1.54, 1.807) is 0 Å². The van der Waals surface area contributed by atoms with Gasteiger partial charge in [0.15, 0.2) is 0 Å². The van der Waals surface area contributed by atoms with Crippen LogP contribution >= 0.6 is 0 Å². The maximum absolute atomic E-state index is 4.37. The summed E-state index contributed by atoms with van der Waals surface area (Å²) in [5.74, 6) is 1.11. The Morgan fingerprint density at radius 2 is 2.07 bits per heavy atom. The molecule has 3 heteroatoms. The summed E-state index contributed by atoms with van der Waals surface area (Å²) in [7, 11) is 0. The molecule has 0 spiro atoms. The number of hydrogen-bond donors (Lipinski definition) is 0. The summed E-state index contributed by atoms with van der Waals surface area (Å²) in [6.07, 6.45) is 2.99. The van der Waals surface area contributed by atoms with Crippen molar-refractivity contribution in [1.82, 2.24) is 9.88 Å². The summed E-state index contributed by atoms with van der Waals surface area (Å²) in [5.41, 5.74) is 0. The fraction of sp³-hybridized carbons (Fsp3) is 0.500. The van der Waals surface area contributed by atoms with Crippen LogP contribution in [0.5, 0.6) is 0 Å². The third-order valence-electron chi connectivity index (χ3n) is 2.73. The van der Waals surface area contributed by atoms with Crippen molar-refractivity contribution in [1.29, 1.82) is 0 Å². The van der Waals surface area contributed by atoms with Gasteiger partial charge in [0.05, 0.1) is 0 Å². The zero-order chi connectivity index (χ0) is 10.5. The number of rotatable bonds is 3. The van der Waals surface area contributed by atoms with Crippen LogP contribution in [0.25, 0.3) is 0 Å². The van der Waals surface area contributed by atoms with Gasteiger partial charge in [-0.2, -0.15) is 0 Å². The first-order valence-corrected chi connectivity index (χ1v) is 5.63.